The van der Waals surface area contributed by atoms with Crippen molar-refractivity contribution in [3.8, 4) is 0 Å². The van der Waals surface area contributed by atoms with Gasteiger partial charge in [-0.05, 0) is 18.9 Å². The van der Waals surface area contributed by atoms with Gasteiger partial charge in [-0.3, -0.25) is 4.79 Å². The molecule has 4 nitrogen and oxygen atoms in total. The van der Waals surface area contributed by atoms with Gasteiger partial charge in [0.2, 0.25) is 5.91 Å². The van der Waals surface area contributed by atoms with Crippen molar-refractivity contribution in [1.82, 2.24) is 10.3 Å². The maximum Gasteiger partial charge on any atom is 0.237 e. The van der Waals surface area contributed by atoms with E-state index in [4.69, 9.17) is 5.73 Å². The third kappa shape index (κ3) is 6.44. The molecular weight excluding hydrogens is 329 g/mol. The van der Waals surface area contributed by atoms with Crippen LogP contribution in [0, 0.1) is 6.92 Å². The maximum atomic E-state index is 11.9. The third-order valence-corrected chi connectivity index (χ3v) is 3.68. The molecule has 1 unspecified atom stereocenters. The summed E-state index contributed by atoms with van der Waals surface area (Å²) in [7, 11) is 0. The highest BCUT2D eigenvalue weighted by Crippen LogP contribution is 2.08. The van der Waals surface area contributed by atoms with E-state index in [1.54, 1.807) is 11.3 Å². The zero-order valence-corrected chi connectivity index (χ0v) is 14.1. The normalized spacial score (nSPS) is 11.0. The number of carbonyl (C=O) groups excluding carboxylic acids is 1. The number of thiazole rings is 1. The molecule has 2 rings (SSSR count). The molecule has 0 aliphatic rings. The lowest BCUT2D eigenvalue weighted by Crippen LogP contribution is -2.41. The van der Waals surface area contributed by atoms with Crippen LogP contribution in [0.25, 0.3) is 0 Å². The monoisotopic (exact) mass is 347 g/mol. The number of benzene rings is 1. The first-order valence-corrected chi connectivity index (χ1v) is 7.01. The Morgan fingerprint density at radius 1 is 1.33 bits per heavy atom. The minimum absolute atomic E-state index is 0. The topological polar surface area (TPSA) is 68.0 Å². The fourth-order valence-corrected chi connectivity index (χ4v) is 2.45. The summed E-state index contributed by atoms with van der Waals surface area (Å²) in [5.41, 5.74) is 7.93. The highest BCUT2D eigenvalue weighted by atomic mass is 35.5. The lowest BCUT2D eigenvalue weighted by molar-refractivity contribution is -0.122. The summed E-state index contributed by atoms with van der Waals surface area (Å²) in [6, 6.07) is 9.24. The number of aryl methyl sites for hydroxylation is 1. The van der Waals surface area contributed by atoms with E-state index < -0.39 is 6.04 Å². The van der Waals surface area contributed by atoms with E-state index in [0.29, 0.717) is 13.0 Å². The fraction of sp³-hybridized carbons (Fsp3) is 0.286. The molecule has 3 N–H and O–H groups in total. The van der Waals surface area contributed by atoms with Crippen molar-refractivity contribution in [1.29, 1.82) is 0 Å². The van der Waals surface area contributed by atoms with Gasteiger partial charge in [0.1, 0.15) is 5.01 Å². The Balaban J connectivity index is 0.00000200. The molecule has 0 fully saturated rings. The van der Waals surface area contributed by atoms with Gasteiger partial charge in [0.25, 0.3) is 0 Å². The average Bonchev–Trinajstić information content (AvgIpc) is 2.83. The Hall–Kier alpha value is -1.14. The molecule has 0 saturated carbocycles. The van der Waals surface area contributed by atoms with Crippen LogP contribution < -0.4 is 11.1 Å². The van der Waals surface area contributed by atoms with Gasteiger partial charge < -0.3 is 11.1 Å². The summed E-state index contributed by atoms with van der Waals surface area (Å²) < 4.78 is 0. The molecule has 1 aromatic carbocycles. The number of nitrogens with zero attached hydrogens (tertiary/aromatic N) is 1. The smallest absolute Gasteiger partial charge is 0.237 e. The van der Waals surface area contributed by atoms with Gasteiger partial charge in [0.05, 0.1) is 12.6 Å². The molecular formula is C14H19Cl2N3OS. The molecule has 2 aromatic rings. The van der Waals surface area contributed by atoms with Crippen LogP contribution in [0.2, 0.25) is 0 Å². The van der Waals surface area contributed by atoms with E-state index in [2.05, 4.69) is 10.3 Å². The van der Waals surface area contributed by atoms with Gasteiger partial charge >= 0.3 is 0 Å². The van der Waals surface area contributed by atoms with E-state index in [-0.39, 0.29) is 30.7 Å². The lowest BCUT2D eigenvalue weighted by Gasteiger charge is -2.11. The molecule has 1 aromatic heterocycles. The number of halogens is 2. The molecule has 1 heterocycles. The predicted octanol–water partition coefficient (Wildman–Crippen LogP) is 2.48. The molecule has 1 amide bonds. The Kier molecular flexibility index (Phi) is 9.21. The quantitative estimate of drug-likeness (QED) is 0.872. The largest absolute Gasteiger partial charge is 0.348 e. The van der Waals surface area contributed by atoms with Crippen LogP contribution in [0.5, 0.6) is 0 Å². The molecule has 7 heteroatoms. The molecule has 116 valence electrons. The first-order chi connectivity index (χ1) is 9.15. The first kappa shape index (κ1) is 19.9. The Morgan fingerprint density at radius 2 is 2.00 bits per heavy atom. The Labute approximate surface area is 141 Å². The van der Waals surface area contributed by atoms with Crippen molar-refractivity contribution in [3.05, 3.63) is 52.0 Å². The number of hydrogen-bond acceptors (Lipinski definition) is 4. The maximum absolute atomic E-state index is 11.9. The summed E-state index contributed by atoms with van der Waals surface area (Å²) >= 11 is 1.54. The molecule has 0 spiro atoms. The van der Waals surface area contributed by atoms with Gasteiger partial charge in [-0.1, -0.05) is 30.3 Å². The fourth-order valence-electron chi connectivity index (χ4n) is 1.74. The predicted molar refractivity (Wildman–Crippen MR) is 91.3 cm³/mol. The first-order valence-electron chi connectivity index (χ1n) is 6.13. The number of nitrogens with one attached hydrogen (secondary N) is 1. The van der Waals surface area contributed by atoms with Crippen LogP contribution in [0.3, 0.4) is 0 Å². The standard InChI is InChI=1S/C14H17N3OS.2ClH/c1-10-9-19-13(17-10)8-16-14(18)12(15)7-11-5-3-2-4-6-11;;/h2-6,9,12H,7-8,15H2,1H3,(H,16,18);2*1H. The highest BCUT2D eigenvalue weighted by Gasteiger charge is 2.14. The van der Waals surface area contributed by atoms with Gasteiger partial charge in [0, 0.05) is 11.1 Å². The van der Waals surface area contributed by atoms with Crippen molar-refractivity contribution in [2.24, 2.45) is 5.73 Å². The van der Waals surface area contributed by atoms with Crippen LogP contribution in [0.15, 0.2) is 35.7 Å². The van der Waals surface area contributed by atoms with Gasteiger partial charge in [-0.2, -0.15) is 0 Å². The van der Waals surface area contributed by atoms with Crippen LogP contribution in [0.1, 0.15) is 16.3 Å². The van der Waals surface area contributed by atoms with E-state index >= 15 is 0 Å². The lowest BCUT2D eigenvalue weighted by atomic mass is 10.1. The van der Waals surface area contributed by atoms with Crippen molar-refractivity contribution >= 4 is 42.1 Å². The number of amides is 1. The van der Waals surface area contributed by atoms with Gasteiger partial charge in [0.15, 0.2) is 0 Å². The highest BCUT2D eigenvalue weighted by molar-refractivity contribution is 7.09. The second-order valence-corrected chi connectivity index (χ2v) is 5.34. The number of rotatable bonds is 5. The zero-order chi connectivity index (χ0) is 13.7. The van der Waals surface area contributed by atoms with Gasteiger partial charge in [-0.25, -0.2) is 4.98 Å². The van der Waals surface area contributed by atoms with Gasteiger partial charge in [-0.15, -0.1) is 36.2 Å². The minimum Gasteiger partial charge on any atom is -0.348 e. The van der Waals surface area contributed by atoms with Crippen LogP contribution in [0.4, 0.5) is 0 Å². The van der Waals surface area contributed by atoms with E-state index in [9.17, 15) is 4.79 Å². The zero-order valence-electron chi connectivity index (χ0n) is 11.6. The van der Waals surface area contributed by atoms with Crippen molar-refractivity contribution < 1.29 is 4.79 Å². The SMILES string of the molecule is Cc1csc(CNC(=O)C(N)Cc2ccccc2)n1.Cl.Cl. The molecule has 0 radical (unpaired) electrons. The summed E-state index contributed by atoms with van der Waals surface area (Å²) in [5, 5.41) is 5.68. The van der Waals surface area contributed by atoms with Crippen molar-refractivity contribution in [2.45, 2.75) is 25.9 Å². The molecule has 0 aliphatic heterocycles. The summed E-state index contributed by atoms with van der Waals surface area (Å²) in [4.78, 5) is 16.2. The number of aromatic nitrogens is 1. The van der Waals surface area contributed by atoms with E-state index in [1.165, 1.54) is 0 Å². The minimum atomic E-state index is -0.525. The van der Waals surface area contributed by atoms with Crippen LogP contribution in [-0.4, -0.2) is 16.9 Å². The molecule has 1 atom stereocenters. The van der Waals surface area contributed by atoms with Crippen LogP contribution in [-0.2, 0) is 17.8 Å². The molecule has 0 bridgehead atoms. The van der Waals surface area contributed by atoms with Crippen molar-refractivity contribution in [2.75, 3.05) is 0 Å². The summed E-state index contributed by atoms with van der Waals surface area (Å²) in [5.74, 6) is -0.142. The number of hydrogen-bond donors (Lipinski definition) is 2. The second kappa shape index (κ2) is 9.73. The summed E-state index contributed by atoms with van der Waals surface area (Å²) in [6.45, 7) is 2.38. The average molecular weight is 348 g/mol. The number of carbonyl (C=O) groups is 1. The van der Waals surface area contributed by atoms with E-state index in [1.807, 2.05) is 42.6 Å². The molecule has 0 aliphatic carbocycles. The van der Waals surface area contributed by atoms with Crippen molar-refractivity contribution in [3.63, 3.8) is 0 Å². The second-order valence-electron chi connectivity index (χ2n) is 4.40. The number of nitrogens with two attached hydrogens (primary N) is 1. The Bertz CT molecular complexity index is 548. The van der Waals surface area contributed by atoms with E-state index in [0.717, 1.165) is 16.3 Å². The Morgan fingerprint density at radius 3 is 2.57 bits per heavy atom. The van der Waals surface area contributed by atoms with Crippen LogP contribution >= 0.6 is 36.2 Å². The third-order valence-electron chi connectivity index (χ3n) is 2.72. The molecule has 21 heavy (non-hydrogen) atoms. The summed E-state index contributed by atoms with van der Waals surface area (Å²) in [6.07, 6.45) is 0.545. The molecule has 0 saturated heterocycles.